The predicted octanol–water partition coefficient (Wildman–Crippen LogP) is 2.48. The third kappa shape index (κ3) is 5.19. The first-order valence-corrected chi connectivity index (χ1v) is 10.8. The molecule has 0 atom stereocenters. The van der Waals surface area contributed by atoms with Gasteiger partial charge in [-0.3, -0.25) is 19.4 Å². The van der Waals surface area contributed by atoms with Crippen LogP contribution in [0.25, 0.3) is 0 Å². The Morgan fingerprint density at radius 2 is 1.47 bits per heavy atom. The number of carbonyl (C=O) groups is 2. The van der Waals surface area contributed by atoms with Gasteiger partial charge in [-0.2, -0.15) is 0 Å². The van der Waals surface area contributed by atoms with E-state index in [1.807, 2.05) is 23.1 Å². The van der Waals surface area contributed by atoms with Gasteiger partial charge in [0.25, 0.3) is 0 Å². The second kappa shape index (κ2) is 9.60. The van der Waals surface area contributed by atoms with Crippen LogP contribution in [-0.4, -0.2) is 72.3 Å². The summed E-state index contributed by atoms with van der Waals surface area (Å²) in [6.45, 7) is 5.39. The van der Waals surface area contributed by atoms with Gasteiger partial charge in [-0.05, 0) is 29.7 Å². The lowest BCUT2D eigenvalue weighted by atomic mass is 10.00. The highest BCUT2D eigenvalue weighted by molar-refractivity contribution is 6.33. The first-order valence-electron chi connectivity index (χ1n) is 10.4. The summed E-state index contributed by atoms with van der Waals surface area (Å²) >= 11 is 6.10. The Bertz CT molecular complexity index is 912. The van der Waals surface area contributed by atoms with Crippen LogP contribution < -0.4 is 5.32 Å². The summed E-state index contributed by atoms with van der Waals surface area (Å²) in [4.78, 5) is 31.3. The number of rotatable bonds is 5. The first kappa shape index (κ1) is 20.8. The van der Waals surface area contributed by atoms with Gasteiger partial charge in [0, 0.05) is 39.3 Å². The molecule has 0 spiro atoms. The third-order valence-corrected chi connectivity index (χ3v) is 6.15. The monoisotopic (exact) mass is 426 g/mol. The van der Waals surface area contributed by atoms with Gasteiger partial charge in [0.15, 0.2) is 0 Å². The van der Waals surface area contributed by atoms with Crippen molar-refractivity contribution in [1.29, 1.82) is 0 Å². The Hall–Kier alpha value is -2.41. The van der Waals surface area contributed by atoms with Crippen molar-refractivity contribution in [2.24, 2.45) is 0 Å². The van der Waals surface area contributed by atoms with Crippen LogP contribution in [-0.2, 0) is 22.6 Å². The van der Waals surface area contributed by atoms with Gasteiger partial charge >= 0.3 is 0 Å². The second-order valence-corrected chi connectivity index (χ2v) is 8.32. The van der Waals surface area contributed by atoms with E-state index >= 15 is 0 Å². The van der Waals surface area contributed by atoms with Crippen molar-refractivity contribution in [3.05, 3.63) is 64.7 Å². The van der Waals surface area contributed by atoms with Crippen LogP contribution in [0.4, 0.5) is 5.69 Å². The molecule has 0 aromatic heterocycles. The topological polar surface area (TPSA) is 55.9 Å². The van der Waals surface area contributed by atoms with Gasteiger partial charge in [-0.1, -0.05) is 48.0 Å². The first-order chi connectivity index (χ1) is 14.6. The highest BCUT2D eigenvalue weighted by Gasteiger charge is 2.25. The Morgan fingerprint density at radius 1 is 0.833 bits per heavy atom. The molecule has 0 radical (unpaired) electrons. The fourth-order valence-electron chi connectivity index (χ4n) is 4.06. The number of piperazine rings is 1. The van der Waals surface area contributed by atoms with Gasteiger partial charge in [0.1, 0.15) is 0 Å². The number of hydrogen-bond donors (Lipinski definition) is 1. The lowest BCUT2D eigenvalue weighted by molar-refractivity contribution is -0.134. The van der Waals surface area contributed by atoms with Gasteiger partial charge in [0.2, 0.25) is 11.8 Å². The molecule has 0 bridgehead atoms. The molecule has 0 aliphatic carbocycles. The zero-order valence-electron chi connectivity index (χ0n) is 17.0. The Morgan fingerprint density at radius 3 is 2.20 bits per heavy atom. The lowest BCUT2D eigenvalue weighted by Gasteiger charge is -2.36. The molecule has 0 unspecified atom stereocenters. The van der Waals surface area contributed by atoms with Gasteiger partial charge in [0.05, 0.1) is 23.8 Å². The molecule has 0 saturated carbocycles. The summed E-state index contributed by atoms with van der Waals surface area (Å²) in [5.74, 6) is 0.119. The molecule has 4 rings (SSSR count). The number of hydrogen-bond acceptors (Lipinski definition) is 4. The van der Waals surface area contributed by atoms with Crippen molar-refractivity contribution in [3.63, 3.8) is 0 Å². The summed E-state index contributed by atoms with van der Waals surface area (Å²) < 4.78 is 0. The van der Waals surface area contributed by atoms with Crippen LogP contribution in [0, 0.1) is 0 Å². The van der Waals surface area contributed by atoms with E-state index in [1.165, 1.54) is 11.1 Å². The van der Waals surface area contributed by atoms with Crippen molar-refractivity contribution >= 4 is 29.1 Å². The number of anilines is 1. The van der Waals surface area contributed by atoms with Crippen LogP contribution in [0.3, 0.4) is 0 Å². The molecule has 30 heavy (non-hydrogen) atoms. The molecule has 1 saturated heterocycles. The zero-order valence-corrected chi connectivity index (χ0v) is 17.8. The van der Waals surface area contributed by atoms with E-state index in [4.69, 9.17) is 11.6 Å². The Kier molecular flexibility index (Phi) is 6.67. The van der Waals surface area contributed by atoms with Crippen LogP contribution in [0.15, 0.2) is 48.5 Å². The summed E-state index contributed by atoms with van der Waals surface area (Å²) in [5, 5.41) is 3.40. The van der Waals surface area contributed by atoms with Gasteiger partial charge in [-0.25, -0.2) is 0 Å². The van der Waals surface area contributed by atoms with E-state index in [2.05, 4.69) is 33.3 Å². The quantitative estimate of drug-likeness (QED) is 0.798. The summed E-state index contributed by atoms with van der Waals surface area (Å²) in [6, 6.07) is 15.6. The second-order valence-electron chi connectivity index (χ2n) is 7.91. The minimum Gasteiger partial charge on any atom is -0.337 e. The van der Waals surface area contributed by atoms with Crippen molar-refractivity contribution in [3.8, 4) is 0 Å². The standard InChI is InChI=1S/C23H27ClN4O2/c24-20-7-3-4-8-21(20)25-22(29)16-26-11-13-27(14-12-26)17-23(30)28-10-9-18-5-1-2-6-19(18)15-28/h1-8H,9-17H2,(H,25,29). The average molecular weight is 427 g/mol. The van der Waals surface area contributed by atoms with E-state index in [9.17, 15) is 9.59 Å². The third-order valence-electron chi connectivity index (χ3n) is 5.82. The SMILES string of the molecule is O=C(CN1CCN(CC(=O)N2CCc3ccccc3C2)CC1)Nc1ccccc1Cl. The maximum atomic E-state index is 12.8. The molecule has 158 valence electrons. The Balaban J connectivity index is 1.21. The maximum Gasteiger partial charge on any atom is 0.238 e. The molecule has 2 aromatic carbocycles. The molecule has 1 fully saturated rings. The molecular weight excluding hydrogens is 400 g/mol. The van der Waals surface area contributed by atoms with Crippen molar-refractivity contribution < 1.29 is 9.59 Å². The normalized spacial score (nSPS) is 17.4. The number of carbonyl (C=O) groups excluding carboxylic acids is 2. The van der Waals surface area contributed by atoms with Gasteiger partial charge in [-0.15, -0.1) is 0 Å². The number of nitrogens with zero attached hydrogens (tertiary/aromatic N) is 3. The van der Waals surface area contributed by atoms with Crippen LogP contribution in [0.5, 0.6) is 0 Å². The molecule has 2 heterocycles. The number of amides is 2. The minimum atomic E-state index is -0.0698. The predicted molar refractivity (Wildman–Crippen MR) is 119 cm³/mol. The minimum absolute atomic E-state index is 0.0698. The number of para-hydroxylation sites is 1. The van der Waals surface area contributed by atoms with Crippen LogP contribution >= 0.6 is 11.6 Å². The van der Waals surface area contributed by atoms with Crippen molar-refractivity contribution in [1.82, 2.24) is 14.7 Å². The molecule has 2 amide bonds. The van der Waals surface area contributed by atoms with Gasteiger partial charge < -0.3 is 10.2 Å². The van der Waals surface area contributed by atoms with Crippen LogP contribution in [0.1, 0.15) is 11.1 Å². The molecule has 2 aromatic rings. The molecule has 2 aliphatic heterocycles. The smallest absolute Gasteiger partial charge is 0.238 e. The number of nitrogens with one attached hydrogen (secondary N) is 1. The van der Waals surface area contributed by atoms with E-state index in [-0.39, 0.29) is 11.8 Å². The van der Waals surface area contributed by atoms with E-state index in [1.54, 1.807) is 12.1 Å². The van der Waals surface area contributed by atoms with Crippen molar-refractivity contribution in [2.75, 3.05) is 51.1 Å². The largest absolute Gasteiger partial charge is 0.337 e. The van der Waals surface area contributed by atoms with Crippen molar-refractivity contribution in [2.45, 2.75) is 13.0 Å². The Labute approximate surface area is 182 Å². The number of benzene rings is 2. The molecule has 6 nitrogen and oxygen atoms in total. The van der Waals surface area contributed by atoms with E-state index in [0.29, 0.717) is 30.3 Å². The molecule has 7 heteroatoms. The fourth-order valence-corrected chi connectivity index (χ4v) is 4.24. The highest BCUT2D eigenvalue weighted by atomic mass is 35.5. The van der Waals surface area contributed by atoms with E-state index < -0.39 is 0 Å². The molecule has 2 aliphatic rings. The number of fused-ring (bicyclic) bond motifs is 1. The number of halogens is 1. The summed E-state index contributed by atoms with van der Waals surface area (Å²) in [7, 11) is 0. The zero-order chi connectivity index (χ0) is 20.9. The molecular formula is C23H27ClN4O2. The molecule has 1 N–H and O–H groups in total. The van der Waals surface area contributed by atoms with E-state index in [0.717, 1.165) is 39.1 Å². The average Bonchev–Trinajstić information content (AvgIpc) is 2.76. The summed E-state index contributed by atoms with van der Waals surface area (Å²) in [5.41, 5.74) is 3.24. The fraction of sp³-hybridized carbons (Fsp3) is 0.391. The summed E-state index contributed by atoms with van der Waals surface area (Å²) in [6.07, 6.45) is 0.927. The van der Waals surface area contributed by atoms with Crippen LogP contribution in [0.2, 0.25) is 5.02 Å². The maximum absolute atomic E-state index is 12.8. The lowest BCUT2D eigenvalue weighted by Crippen LogP contribution is -2.51. The highest BCUT2D eigenvalue weighted by Crippen LogP contribution is 2.21.